The van der Waals surface area contributed by atoms with E-state index in [1.54, 1.807) is 48.4 Å². The zero-order valence-corrected chi connectivity index (χ0v) is 21.5. The third-order valence-corrected chi connectivity index (χ3v) is 6.84. The molecule has 3 aromatic carbocycles. The lowest BCUT2D eigenvalue weighted by Crippen LogP contribution is -2.27. The molecule has 4 aromatic rings. The molecule has 3 N–H and O–H groups in total. The van der Waals surface area contributed by atoms with Crippen molar-refractivity contribution in [3.63, 3.8) is 0 Å². The molecule has 10 nitrogen and oxygen atoms in total. The number of hydrogen-bond donors (Lipinski definition) is 3. The van der Waals surface area contributed by atoms with E-state index in [2.05, 4.69) is 15.6 Å². The normalized spacial score (nSPS) is 16.7. The molecule has 2 unspecified atom stereocenters. The van der Waals surface area contributed by atoms with Crippen LogP contribution in [0.15, 0.2) is 71.1 Å². The van der Waals surface area contributed by atoms with Gasteiger partial charge in [0.1, 0.15) is 11.3 Å². The van der Waals surface area contributed by atoms with Crippen LogP contribution in [0.3, 0.4) is 0 Å². The minimum atomic E-state index is -0.923. The maximum absolute atomic E-state index is 12.7. The predicted molar refractivity (Wildman–Crippen MR) is 145 cm³/mol. The molecular weight excluding hydrogens is 500 g/mol. The van der Waals surface area contributed by atoms with E-state index >= 15 is 0 Å². The third kappa shape index (κ3) is 5.85. The highest BCUT2D eigenvalue weighted by molar-refractivity contribution is 5.93. The number of amides is 2. The quantitative estimate of drug-likeness (QED) is 0.306. The number of aromatic nitrogens is 1. The average molecular weight is 529 g/mol. The van der Waals surface area contributed by atoms with Gasteiger partial charge in [-0.25, -0.2) is 0 Å². The van der Waals surface area contributed by atoms with E-state index in [-0.39, 0.29) is 30.7 Å². The molecule has 39 heavy (non-hydrogen) atoms. The zero-order valence-electron chi connectivity index (χ0n) is 21.5. The minimum absolute atomic E-state index is 0.133. The van der Waals surface area contributed by atoms with E-state index in [4.69, 9.17) is 9.15 Å². The lowest BCUT2D eigenvalue weighted by Gasteiger charge is -2.16. The van der Waals surface area contributed by atoms with Crippen LogP contribution < -0.4 is 15.4 Å². The Bertz CT molecular complexity index is 1530. The molecule has 2 heterocycles. The number of nitrogens with zero attached hydrogens (tertiary/aromatic N) is 2. The molecule has 2 atom stereocenters. The molecule has 2 amide bonds. The van der Waals surface area contributed by atoms with Gasteiger partial charge in [0.05, 0.1) is 19.4 Å². The second-order valence-corrected chi connectivity index (χ2v) is 9.50. The Balaban J connectivity index is 1.22. The summed E-state index contributed by atoms with van der Waals surface area (Å²) in [5.41, 5.74) is 4.17. The van der Waals surface area contributed by atoms with Crippen LogP contribution in [-0.2, 0) is 20.8 Å². The number of hydrogen-bond acceptors (Lipinski definition) is 7. The van der Waals surface area contributed by atoms with Crippen molar-refractivity contribution < 1.29 is 28.6 Å². The van der Waals surface area contributed by atoms with Crippen LogP contribution in [0.5, 0.6) is 5.75 Å². The van der Waals surface area contributed by atoms with Gasteiger partial charge in [-0.3, -0.25) is 14.4 Å². The molecule has 0 spiro atoms. The number of oxazole rings is 1. The van der Waals surface area contributed by atoms with Gasteiger partial charge in [-0.1, -0.05) is 24.3 Å². The second-order valence-electron chi connectivity index (χ2n) is 9.50. The summed E-state index contributed by atoms with van der Waals surface area (Å²) < 4.78 is 11.1. The lowest BCUT2D eigenvalue weighted by molar-refractivity contribution is -0.141. The van der Waals surface area contributed by atoms with Crippen LogP contribution >= 0.6 is 0 Å². The summed E-state index contributed by atoms with van der Waals surface area (Å²) >= 11 is 0. The number of anilines is 3. The minimum Gasteiger partial charge on any atom is -0.497 e. The van der Waals surface area contributed by atoms with Gasteiger partial charge in [0, 0.05) is 43.4 Å². The van der Waals surface area contributed by atoms with E-state index in [1.807, 2.05) is 30.3 Å². The topological polar surface area (TPSA) is 134 Å². The highest BCUT2D eigenvalue weighted by atomic mass is 16.5. The Morgan fingerprint density at radius 3 is 2.56 bits per heavy atom. The summed E-state index contributed by atoms with van der Waals surface area (Å²) in [7, 11) is 1.60. The van der Waals surface area contributed by atoms with Crippen LogP contribution in [0.1, 0.15) is 24.0 Å². The first-order valence-electron chi connectivity index (χ1n) is 12.5. The molecule has 1 aliphatic rings. The van der Waals surface area contributed by atoms with Crippen LogP contribution in [-0.4, -0.2) is 53.0 Å². The maximum Gasteiger partial charge on any atom is 0.308 e. The number of carboxylic acid groups (broad SMARTS) is 1. The van der Waals surface area contributed by atoms with E-state index in [9.17, 15) is 19.5 Å². The van der Waals surface area contributed by atoms with Crippen molar-refractivity contribution >= 4 is 46.3 Å². The predicted octanol–water partition coefficient (Wildman–Crippen LogP) is 4.41. The molecule has 5 rings (SSSR count). The van der Waals surface area contributed by atoms with Crippen molar-refractivity contribution in [3.8, 4) is 5.75 Å². The highest BCUT2D eigenvalue weighted by Gasteiger charge is 2.39. The summed E-state index contributed by atoms with van der Waals surface area (Å²) in [6.45, 7) is 2.00. The average Bonchev–Trinajstić information content (AvgIpc) is 3.53. The number of ether oxygens (including phenoxy) is 1. The number of fused-ring (bicyclic) bond motifs is 1. The first-order valence-corrected chi connectivity index (χ1v) is 12.5. The first-order chi connectivity index (χ1) is 18.8. The number of carbonyl (C=O) groups is 3. The first kappa shape index (κ1) is 25.8. The number of carbonyl (C=O) groups excluding carboxylic acids is 2. The number of methoxy groups -OCH3 is 1. The largest absolute Gasteiger partial charge is 0.497 e. The molecule has 0 saturated carbocycles. The van der Waals surface area contributed by atoms with Crippen LogP contribution in [0, 0.1) is 5.92 Å². The van der Waals surface area contributed by atoms with Crippen molar-refractivity contribution in [2.75, 3.05) is 30.8 Å². The van der Waals surface area contributed by atoms with Crippen molar-refractivity contribution in [2.24, 2.45) is 5.92 Å². The van der Waals surface area contributed by atoms with E-state index in [1.165, 1.54) is 6.92 Å². The van der Waals surface area contributed by atoms with Gasteiger partial charge >= 0.3 is 5.97 Å². The second kappa shape index (κ2) is 10.9. The van der Waals surface area contributed by atoms with Gasteiger partial charge in [-0.05, 0) is 47.5 Å². The fraction of sp³-hybridized carbons (Fsp3) is 0.241. The molecular formula is C29H28N4O6. The van der Waals surface area contributed by atoms with Crippen LogP contribution in [0.2, 0.25) is 0 Å². The number of rotatable bonds is 8. The fourth-order valence-corrected chi connectivity index (χ4v) is 4.81. The Morgan fingerprint density at radius 1 is 1.05 bits per heavy atom. The van der Waals surface area contributed by atoms with Gasteiger partial charge in [-0.2, -0.15) is 4.98 Å². The van der Waals surface area contributed by atoms with Crippen LogP contribution in [0.4, 0.5) is 17.4 Å². The molecule has 1 fully saturated rings. The van der Waals surface area contributed by atoms with Crippen molar-refractivity contribution in [3.05, 3.63) is 77.9 Å². The van der Waals surface area contributed by atoms with E-state index < -0.39 is 11.9 Å². The van der Waals surface area contributed by atoms with Gasteiger partial charge in [0.2, 0.25) is 11.8 Å². The number of likely N-dealkylation sites (tertiary alicyclic amines) is 1. The Labute approximate surface area is 224 Å². The highest BCUT2D eigenvalue weighted by Crippen LogP contribution is 2.33. The maximum atomic E-state index is 12.7. The Kier molecular flexibility index (Phi) is 7.18. The summed E-state index contributed by atoms with van der Waals surface area (Å²) in [6.07, 6.45) is 0.133. The summed E-state index contributed by atoms with van der Waals surface area (Å²) in [5.74, 6) is -1.52. The third-order valence-electron chi connectivity index (χ3n) is 6.84. The summed E-state index contributed by atoms with van der Waals surface area (Å²) in [6, 6.07) is 20.3. The van der Waals surface area contributed by atoms with Gasteiger partial charge < -0.3 is 29.8 Å². The van der Waals surface area contributed by atoms with Crippen molar-refractivity contribution in [2.45, 2.75) is 19.3 Å². The molecule has 1 aromatic heterocycles. The number of nitrogens with one attached hydrogen (secondary N) is 2. The smallest absolute Gasteiger partial charge is 0.308 e. The molecule has 1 saturated heterocycles. The van der Waals surface area contributed by atoms with Crippen molar-refractivity contribution in [1.29, 1.82) is 0 Å². The molecule has 0 radical (unpaired) electrons. The summed E-state index contributed by atoms with van der Waals surface area (Å²) in [5, 5.41) is 15.6. The molecule has 1 aliphatic heterocycles. The van der Waals surface area contributed by atoms with E-state index in [0.717, 1.165) is 16.8 Å². The standard InChI is InChI=1S/C29H28N4O6/c1-17(34)33-15-23(24(16-33)28(36)37)19-7-9-20(10-8-19)30-27(35)13-18-6-11-25-26(12-18)39-29(32-25)31-21-4-3-5-22(14-21)38-2/h3-12,14,23-24H,13,15-16H2,1-2H3,(H,30,35)(H,31,32)(H,36,37). The molecule has 0 aliphatic carbocycles. The zero-order chi connectivity index (χ0) is 27.5. The van der Waals surface area contributed by atoms with Crippen LogP contribution in [0.25, 0.3) is 11.1 Å². The molecule has 10 heteroatoms. The van der Waals surface area contributed by atoms with Crippen molar-refractivity contribution in [1.82, 2.24) is 9.88 Å². The molecule has 200 valence electrons. The summed E-state index contributed by atoms with van der Waals surface area (Å²) in [4.78, 5) is 42.2. The monoisotopic (exact) mass is 528 g/mol. The molecule has 0 bridgehead atoms. The Morgan fingerprint density at radius 2 is 1.85 bits per heavy atom. The lowest BCUT2D eigenvalue weighted by atomic mass is 9.89. The van der Waals surface area contributed by atoms with Gasteiger partial charge in [0.15, 0.2) is 5.58 Å². The SMILES string of the molecule is COc1cccc(Nc2nc3ccc(CC(=O)Nc4ccc(C5CN(C(C)=O)CC5C(=O)O)cc4)cc3o2)c1. The Hall–Kier alpha value is -4.86. The number of benzene rings is 3. The fourth-order valence-electron chi connectivity index (χ4n) is 4.81. The number of carboxylic acids is 1. The van der Waals surface area contributed by atoms with E-state index in [0.29, 0.717) is 35.1 Å². The van der Waals surface area contributed by atoms with Gasteiger partial charge in [-0.15, -0.1) is 0 Å². The van der Waals surface area contributed by atoms with Gasteiger partial charge in [0.25, 0.3) is 6.01 Å². The number of aliphatic carboxylic acids is 1.